The number of imide groups is 1. The summed E-state index contributed by atoms with van der Waals surface area (Å²) in [6, 6.07) is 0.982. The molecular formula is C11H10F2N2O2. The molecule has 0 aromatic heterocycles. The van der Waals surface area contributed by atoms with E-state index in [2.05, 4.69) is 0 Å². The standard InChI is InChI=1S/C11H10F2N2O2/c1-5(4-14)15-10(16)6-2-8(12)9(13)3-7(6)11(15)17/h2-3,5H,4,14H2,1H3. The van der Waals surface area contributed by atoms with Gasteiger partial charge in [0, 0.05) is 12.6 Å². The SMILES string of the molecule is CC(CN)N1C(=O)c2cc(F)c(F)cc2C1=O. The smallest absolute Gasteiger partial charge is 0.261 e. The molecule has 1 aromatic carbocycles. The second kappa shape index (κ2) is 3.89. The van der Waals surface area contributed by atoms with Gasteiger partial charge in [-0.3, -0.25) is 14.5 Å². The van der Waals surface area contributed by atoms with Gasteiger partial charge in [-0.2, -0.15) is 0 Å². The molecule has 90 valence electrons. The zero-order valence-electron chi connectivity index (χ0n) is 9.04. The van der Waals surface area contributed by atoms with E-state index in [0.29, 0.717) is 0 Å². The largest absolute Gasteiger partial charge is 0.328 e. The van der Waals surface area contributed by atoms with Crippen molar-refractivity contribution in [3.63, 3.8) is 0 Å². The monoisotopic (exact) mass is 240 g/mol. The molecular weight excluding hydrogens is 230 g/mol. The molecule has 17 heavy (non-hydrogen) atoms. The number of amides is 2. The van der Waals surface area contributed by atoms with Crippen molar-refractivity contribution >= 4 is 11.8 Å². The van der Waals surface area contributed by atoms with Gasteiger partial charge in [-0.1, -0.05) is 0 Å². The fraction of sp³-hybridized carbons (Fsp3) is 0.273. The van der Waals surface area contributed by atoms with Crippen molar-refractivity contribution in [2.45, 2.75) is 13.0 Å². The molecule has 0 fully saturated rings. The number of nitrogens with two attached hydrogens (primary N) is 1. The molecule has 1 aliphatic heterocycles. The lowest BCUT2D eigenvalue weighted by atomic mass is 10.1. The molecule has 2 rings (SSSR count). The zero-order chi connectivity index (χ0) is 12.7. The molecule has 6 heteroatoms. The summed E-state index contributed by atoms with van der Waals surface area (Å²) < 4.78 is 26.0. The minimum Gasteiger partial charge on any atom is -0.328 e. The quantitative estimate of drug-likeness (QED) is 0.781. The molecule has 1 atom stereocenters. The maximum absolute atomic E-state index is 13.0. The van der Waals surface area contributed by atoms with Crippen LogP contribution in [-0.2, 0) is 0 Å². The Labute approximate surface area is 96.0 Å². The van der Waals surface area contributed by atoms with Gasteiger partial charge in [0.25, 0.3) is 11.8 Å². The number of hydrogen-bond acceptors (Lipinski definition) is 3. The van der Waals surface area contributed by atoms with Crippen LogP contribution in [-0.4, -0.2) is 29.3 Å². The van der Waals surface area contributed by atoms with Gasteiger partial charge in [-0.25, -0.2) is 8.78 Å². The third kappa shape index (κ3) is 1.61. The number of rotatable bonds is 2. The first kappa shape index (κ1) is 11.7. The summed E-state index contributed by atoms with van der Waals surface area (Å²) in [4.78, 5) is 24.6. The first-order chi connectivity index (χ1) is 7.97. The molecule has 1 unspecified atom stereocenters. The number of nitrogens with zero attached hydrogens (tertiary/aromatic N) is 1. The molecule has 2 N–H and O–H groups in total. The molecule has 0 radical (unpaired) electrons. The molecule has 0 aliphatic carbocycles. The highest BCUT2D eigenvalue weighted by atomic mass is 19.2. The van der Waals surface area contributed by atoms with Crippen molar-refractivity contribution < 1.29 is 18.4 Å². The van der Waals surface area contributed by atoms with Gasteiger partial charge in [0.2, 0.25) is 0 Å². The van der Waals surface area contributed by atoms with Gasteiger partial charge in [0.1, 0.15) is 0 Å². The summed E-state index contributed by atoms with van der Waals surface area (Å²) in [6.07, 6.45) is 0. The minimum atomic E-state index is -1.15. The summed E-state index contributed by atoms with van der Waals surface area (Å²) in [5, 5.41) is 0. The Morgan fingerprint density at radius 1 is 1.18 bits per heavy atom. The molecule has 0 saturated carbocycles. The van der Waals surface area contributed by atoms with Crippen LogP contribution in [0, 0.1) is 11.6 Å². The van der Waals surface area contributed by atoms with E-state index in [-0.39, 0.29) is 17.7 Å². The normalized spacial score (nSPS) is 16.4. The van der Waals surface area contributed by atoms with Gasteiger partial charge in [0.05, 0.1) is 11.1 Å². The Kier molecular flexibility index (Phi) is 2.66. The summed E-state index contributed by atoms with van der Waals surface area (Å²) in [5.74, 6) is -3.57. The highest BCUT2D eigenvalue weighted by Gasteiger charge is 2.39. The summed E-state index contributed by atoms with van der Waals surface area (Å²) in [6.45, 7) is 1.69. The molecule has 1 aliphatic rings. The topological polar surface area (TPSA) is 63.4 Å². The molecule has 0 saturated heterocycles. The highest BCUT2D eigenvalue weighted by Crippen LogP contribution is 2.26. The average molecular weight is 240 g/mol. The summed E-state index contributed by atoms with van der Waals surface area (Å²) in [5.41, 5.74) is 5.14. The molecule has 1 aromatic rings. The molecule has 4 nitrogen and oxygen atoms in total. The van der Waals surface area contributed by atoms with Gasteiger partial charge in [0.15, 0.2) is 11.6 Å². The van der Waals surface area contributed by atoms with Crippen LogP contribution in [0.4, 0.5) is 8.78 Å². The molecule has 2 amide bonds. The maximum Gasteiger partial charge on any atom is 0.261 e. The Morgan fingerprint density at radius 2 is 1.59 bits per heavy atom. The molecule has 0 bridgehead atoms. The number of hydrogen-bond donors (Lipinski definition) is 1. The van der Waals surface area contributed by atoms with Crippen LogP contribution in [0.1, 0.15) is 27.6 Å². The first-order valence-electron chi connectivity index (χ1n) is 5.04. The second-order valence-corrected chi connectivity index (χ2v) is 3.88. The predicted octanol–water partition coefficient (Wildman–Crippen LogP) is 0.908. The lowest BCUT2D eigenvalue weighted by Gasteiger charge is -2.20. The predicted molar refractivity (Wildman–Crippen MR) is 55.4 cm³/mol. The molecule has 0 spiro atoms. The maximum atomic E-state index is 13.0. The van der Waals surface area contributed by atoms with Crippen LogP contribution in [0.15, 0.2) is 12.1 Å². The van der Waals surface area contributed by atoms with Crippen molar-refractivity contribution in [3.8, 4) is 0 Å². The van der Waals surface area contributed by atoms with Crippen molar-refractivity contribution in [1.82, 2.24) is 4.90 Å². The highest BCUT2D eigenvalue weighted by molar-refractivity contribution is 6.21. The third-order valence-corrected chi connectivity index (χ3v) is 2.74. The molecule has 1 heterocycles. The van der Waals surface area contributed by atoms with E-state index < -0.39 is 29.5 Å². The third-order valence-electron chi connectivity index (χ3n) is 2.74. The number of carbonyl (C=O) groups is 2. The van der Waals surface area contributed by atoms with E-state index in [1.54, 1.807) is 6.92 Å². The van der Waals surface area contributed by atoms with Gasteiger partial charge in [-0.05, 0) is 19.1 Å². The van der Waals surface area contributed by atoms with Crippen molar-refractivity contribution in [2.24, 2.45) is 5.73 Å². The van der Waals surface area contributed by atoms with Crippen LogP contribution >= 0.6 is 0 Å². The van der Waals surface area contributed by atoms with E-state index >= 15 is 0 Å². The van der Waals surface area contributed by atoms with Crippen molar-refractivity contribution in [2.75, 3.05) is 6.54 Å². The summed E-state index contributed by atoms with van der Waals surface area (Å²) >= 11 is 0. The number of halogens is 2. The second-order valence-electron chi connectivity index (χ2n) is 3.88. The van der Waals surface area contributed by atoms with Crippen LogP contribution in [0.2, 0.25) is 0 Å². The fourth-order valence-corrected chi connectivity index (χ4v) is 1.76. The van der Waals surface area contributed by atoms with Crippen LogP contribution in [0.5, 0.6) is 0 Å². The van der Waals surface area contributed by atoms with E-state index in [9.17, 15) is 18.4 Å². The van der Waals surface area contributed by atoms with Crippen molar-refractivity contribution in [3.05, 3.63) is 34.9 Å². The minimum absolute atomic E-state index is 0.0937. The number of carbonyl (C=O) groups excluding carboxylic acids is 2. The Balaban J connectivity index is 2.53. The van der Waals surface area contributed by atoms with E-state index in [1.165, 1.54) is 0 Å². The Morgan fingerprint density at radius 3 is 1.94 bits per heavy atom. The lowest BCUT2D eigenvalue weighted by Crippen LogP contribution is -2.42. The first-order valence-corrected chi connectivity index (χ1v) is 5.04. The fourth-order valence-electron chi connectivity index (χ4n) is 1.76. The van der Waals surface area contributed by atoms with Crippen LogP contribution < -0.4 is 5.73 Å². The Bertz CT molecular complexity index is 475. The number of benzene rings is 1. The lowest BCUT2D eigenvalue weighted by molar-refractivity contribution is 0.0601. The van der Waals surface area contributed by atoms with Crippen LogP contribution in [0.3, 0.4) is 0 Å². The van der Waals surface area contributed by atoms with Crippen LogP contribution in [0.25, 0.3) is 0 Å². The van der Waals surface area contributed by atoms with E-state index in [0.717, 1.165) is 17.0 Å². The van der Waals surface area contributed by atoms with E-state index in [4.69, 9.17) is 5.73 Å². The van der Waals surface area contributed by atoms with E-state index in [1.807, 2.05) is 0 Å². The van der Waals surface area contributed by atoms with Gasteiger partial charge in [-0.15, -0.1) is 0 Å². The van der Waals surface area contributed by atoms with Gasteiger partial charge < -0.3 is 5.73 Å². The number of fused-ring (bicyclic) bond motifs is 1. The van der Waals surface area contributed by atoms with Crippen molar-refractivity contribution in [1.29, 1.82) is 0 Å². The average Bonchev–Trinajstić information content (AvgIpc) is 2.52. The Hall–Kier alpha value is -1.82. The zero-order valence-corrected chi connectivity index (χ0v) is 9.04. The summed E-state index contributed by atoms with van der Waals surface area (Å²) in [7, 11) is 0. The van der Waals surface area contributed by atoms with Gasteiger partial charge >= 0.3 is 0 Å².